The first-order valence-electron chi connectivity index (χ1n) is 7.91. The Kier molecular flexibility index (Phi) is 5.33. The molecule has 4 rings (SSSR count). The largest absolute Gasteiger partial charge is 0.459 e. The fourth-order valence-corrected chi connectivity index (χ4v) is 4.93. The van der Waals surface area contributed by atoms with Crippen LogP contribution in [0.3, 0.4) is 0 Å². The number of halogens is 2. The minimum Gasteiger partial charge on any atom is -0.459 e. The summed E-state index contributed by atoms with van der Waals surface area (Å²) >= 11 is 6.33. The monoisotopic (exact) mass is 413 g/mol. The van der Waals surface area contributed by atoms with Crippen molar-refractivity contribution in [2.75, 3.05) is 13.2 Å². The van der Waals surface area contributed by atoms with Crippen LogP contribution in [0.25, 0.3) is 11.0 Å². The van der Waals surface area contributed by atoms with Crippen LogP contribution in [0.2, 0.25) is 5.02 Å². The Hall–Kier alpha value is -1.57. The van der Waals surface area contributed by atoms with E-state index in [1.807, 2.05) is 0 Å². The lowest BCUT2D eigenvalue weighted by atomic mass is 9.98. The van der Waals surface area contributed by atoms with Crippen molar-refractivity contribution >= 4 is 44.8 Å². The Morgan fingerprint density at radius 2 is 1.92 bits per heavy atom. The third-order valence-corrected chi connectivity index (χ3v) is 6.50. The number of aliphatic hydroxyl groups is 1. The zero-order valence-corrected chi connectivity index (χ0v) is 16.0. The van der Waals surface area contributed by atoms with Crippen LogP contribution in [0.15, 0.2) is 56.7 Å². The predicted octanol–water partition coefficient (Wildman–Crippen LogP) is 3.52. The van der Waals surface area contributed by atoms with Gasteiger partial charge in [-0.1, -0.05) is 29.8 Å². The van der Waals surface area contributed by atoms with Crippen molar-refractivity contribution in [1.29, 1.82) is 0 Å². The average molecular weight is 414 g/mol. The van der Waals surface area contributed by atoms with Crippen molar-refractivity contribution in [3.8, 4) is 0 Å². The van der Waals surface area contributed by atoms with Crippen LogP contribution in [-0.4, -0.2) is 26.7 Å². The molecule has 3 aromatic rings. The molecule has 0 amide bonds. The molecule has 138 valence electrons. The summed E-state index contributed by atoms with van der Waals surface area (Å²) in [6.07, 6.45) is 0.664. The number of hydrogen-bond acceptors (Lipinski definition) is 5. The molecule has 5 nitrogen and oxygen atoms in total. The van der Waals surface area contributed by atoms with Gasteiger partial charge in [-0.2, -0.15) is 0 Å². The predicted molar refractivity (Wildman–Crippen MR) is 102 cm³/mol. The molecule has 1 aliphatic rings. The first-order valence-corrected chi connectivity index (χ1v) is 9.77. The van der Waals surface area contributed by atoms with Crippen molar-refractivity contribution in [1.82, 2.24) is 5.32 Å². The molecule has 0 saturated carbocycles. The van der Waals surface area contributed by atoms with Gasteiger partial charge >= 0.3 is 0 Å². The van der Waals surface area contributed by atoms with E-state index in [9.17, 15) is 13.5 Å². The van der Waals surface area contributed by atoms with Crippen molar-refractivity contribution < 1.29 is 17.9 Å². The highest BCUT2D eigenvalue weighted by Gasteiger charge is 2.28. The molecule has 1 aromatic heterocycles. The molecule has 2 aromatic carbocycles. The fourth-order valence-electron chi connectivity index (χ4n) is 3.28. The Morgan fingerprint density at radius 1 is 1.19 bits per heavy atom. The molecular formula is C18H17Cl2NO4S. The van der Waals surface area contributed by atoms with Crippen LogP contribution in [0.5, 0.6) is 0 Å². The minimum atomic E-state index is -3.69. The molecule has 0 saturated heterocycles. The van der Waals surface area contributed by atoms with Gasteiger partial charge in [0.05, 0.1) is 27.5 Å². The molecule has 0 bridgehead atoms. The highest BCUT2D eigenvalue weighted by Crippen LogP contribution is 2.39. The Morgan fingerprint density at radius 3 is 2.62 bits per heavy atom. The third-order valence-electron chi connectivity index (χ3n) is 4.47. The quantitative estimate of drug-likeness (QED) is 0.686. The van der Waals surface area contributed by atoms with E-state index in [-0.39, 0.29) is 39.9 Å². The van der Waals surface area contributed by atoms with E-state index >= 15 is 0 Å². The van der Waals surface area contributed by atoms with Gasteiger partial charge in [-0.25, -0.2) is 8.42 Å². The Labute approximate surface area is 162 Å². The summed E-state index contributed by atoms with van der Waals surface area (Å²) in [6.45, 7) is 0.583. The summed E-state index contributed by atoms with van der Waals surface area (Å²) < 4.78 is 31.7. The molecule has 1 aliphatic heterocycles. The second-order valence-corrected chi connectivity index (χ2v) is 8.33. The SMILES string of the molecule is Cl.O=S(=O)(c1ccccc1)c1cc(Cl)c2oc3c(c2c1)C(CO)NCC3. The zero-order chi connectivity index (χ0) is 17.6. The minimum absolute atomic E-state index is 0. The Bertz CT molecular complexity index is 1050. The first kappa shape index (κ1) is 19.2. The van der Waals surface area contributed by atoms with Crippen LogP contribution in [-0.2, 0) is 16.3 Å². The first-order chi connectivity index (χ1) is 12.0. The van der Waals surface area contributed by atoms with E-state index in [0.29, 0.717) is 23.9 Å². The number of fused-ring (bicyclic) bond motifs is 3. The topological polar surface area (TPSA) is 79.5 Å². The van der Waals surface area contributed by atoms with Gasteiger partial charge in [0.2, 0.25) is 9.84 Å². The molecule has 26 heavy (non-hydrogen) atoms. The highest BCUT2D eigenvalue weighted by molar-refractivity contribution is 7.91. The van der Waals surface area contributed by atoms with E-state index in [1.54, 1.807) is 36.4 Å². The summed E-state index contributed by atoms with van der Waals surface area (Å²) in [5.74, 6) is 0.740. The van der Waals surface area contributed by atoms with Gasteiger partial charge in [-0.3, -0.25) is 0 Å². The number of nitrogens with one attached hydrogen (secondary N) is 1. The third kappa shape index (κ3) is 3.02. The lowest BCUT2D eigenvalue weighted by Gasteiger charge is -2.21. The van der Waals surface area contributed by atoms with E-state index in [0.717, 1.165) is 11.3 Å². The molecule has 8 heteroatoms. The van der Waals surface area contributed by atoms with Crippen LogP contribution in [0.1, 0.15) is 17.4 Å². The summed E-state index contributed by atoms with van der Waals surface area (Å²) in [4.78, 5) is 0.321. The summed E-state index contributed by atoms with van der Waals surface area (Å²) in [6, 6.07) is 10.9. The van der Waals surface area contributed by atoms with Crippen molar-refractivity contribution in [2.24, 2.45) is 0 Å². The standard InChI is InChI=1S/C18H16ClNO4S.ClH/c19-14-9-12(25(22,23)11-4-2-1-3-5-11)8-13-17-15(10-21)20-7-6-16(17)24-18(13)14;/h1-5,8-9,15,20-21H,6-7,10H2;1H. The Balaban J connectivity index is 0.00000196. The zero-order valence-electron chi connectivity index (χ0n) is 13.6. The lowest BCUT2D eigenvalue weighted by molar-refractivity contribution is 0.237. The van der Waals surface area contributed by atoms with Gasteiger partial charge < -0.3 is 14.8 Å². The molecular weight excluding hydrogens is 397 g/mol. The second kappa shape index (κ2) is 7.21. The molecule has 2 heterocycles. The van der Waals surface area contributed by atoms with Crippen molar-refractivity contribution in [3.63, 3.8) is 0 Å². The van der Waals surface area contributed by atoms with Crippen molar-refractivity contribution in [3.05, 3.63) is 58.8 Å². The van der Waals surface area contributed by atoms with Gasteiger partial charge in [-0.15, -0.1) is 12.4 Å². The van der Waals surface area contributed by atoms with Gasteiger partial charge in [0.15, 0.2) is 5.58 Å². The van der Waals surface area contributed by atoms with Crippen LogP contribution in [0.4, 0.5) is 0 Å². The lowest BCUT2D eigenvalue weighted by Crippen LogP contribution is -2.31. The van der Waals surface area contributed by atoms with Gasteiger partial charge in [0.25, 0.3) is 0 Å². The number of aliphatic hydroxyl groups excluding tert-OH is 1. The smallest absolute Gasteiger partial charge is 0.206 e. The number of furan rings is 1. The van der Waals surface area contributed by atoms with E-state index in [2.05, 4.69) is 5.32 Å². The van der Waals surface area contributed by atoms with Crippen molar-refractivity contribution in [2.45, 2.75) is 22.3 Å². The highest BCUT2D eigenvalue weighted by atomic mass is 35.5. The van der Waals surface area contributed by atoms with Crippen LogP contribution in [0, 0.1) is 0 Å². The number of rotatable bonds is 3. The van der Waals surface area contributed by atoms with Gasteiger partial charge in [-0.05, 0) is 24.3 Å². The summed E-state index contributed by atoms with van der Waals surface area (Å²) in [5.41, 5.74) is 1.25. The molecule has 0 radical (unpaired) electrons. The number of sulfone groups is 1. The second-order valence-electron chi connectivity index (χ2n) is 5.98. The fraction of sp³-hybridized carbons (Fsp3) is 0.222. The molecule has 1 atom stereocenters. The maximum atomic E-state index is 12.9. The molecule has 1 unspecified atom stereocenters. The van der Waals surface area contributed by atoms with Crippen LogP contribution >= 0.6 is 24.0 Å². The average Bonchev–Trinajstić information content (AvgIpc) is 3.02. The van der Waals surface area contributed by atoms with Crippen LogP contribution < -0.4 is 5.32 Å². The van der Waals surface area contributed by atoms with E-state index in [4.69, 9.17) is 16.0 Å². The summed E-state index contributed by atoms with van der Waals surface area (Å²) in [7, 11) is -3.69. The van der Waals surface area contributed by atoms with Gasteiger partial charge in [0.1, 0.15) is 5.76 Å². The molecule has 2 N–H and O–H groups in total. The summed E-state index contributed by atoms with van der Waals surface area (Å²) in [5, 5.41) is 13.7. The number of hydrogen-bond donors (Lipinski definition) is 2. The van der Waals surface area contributed by atoms with E-state index < -0.39 is 9.84 Å². The molecule has 0 aliphatic carbocycles. The molecule has 0 fully saturated rings. The van der Waals surface area contributed by atoms with Gasteiger partial charge in [0, 0.05) is 23.9 Å². The maximum Gasteiger partial charge on any atom is 0.206 e. The number of benzene rings is 2. The molecule has 0 spiro atoms. The van der Waals surface area contributed by atoms with E-state index in [1.165, 1.54) is 6.07 Å². The maximum absolute atomic E-state index is 12.9. The normalized spacial score (nSPS) is 16.9.